The second-order valence-corrected chi connectivity index (χ2v) is 7.25. The molecule has 1 atom stereocenters. The highest BCUT2D eigenvalue weighted by atomic mass is 16.4. The lowest BCUT2D eigenvalue weighted by Crippen LogP contribution is -2.46. The van der Waals surface area contributed by atoms with Gasteiger partial charge in [-0.1, -0.05) is 45.0 Å². The minimum Gasteiger partial charge on any atom is -0.479 e. The SMILES string of the molecule is CC(O)(CNC(=O)c1ccc(-c2ccc(C(C)(C)C)cc2)o1)C(=O)O. The van der Waals surface area contributed by atoms with Crippen molar-refractivity contribution in [3.8, 4) is 11.3 Å². The first-order valence-electron chi connectivity index (χ1n) is 7.95. The summed E-state index contributed by atoms with van der Waals surface area (Å²) in [6.07, 6.45) is 0. The molecule has 0 spiro atoms. The van der Waals surface area contributed by atoms with Crippen LogP contribution in [0, 0.1) is 0 Å². The molecule has 2 rings (SSSR count). The number of carboxylic acids is 1. The molecule has 134 valence electrons. The lowest BCUT2D eigenvalue weighted by atomic mass is 9.86. The van der Waals surface area contributed by atoms with Crippen molar-refractivity contribution >= 4 is 11.9 Å². The van der Waals surface area contributed by atoms with Crippen LogP contribution in [0.1, 0.15) is 43.8 Å². The summed E-state index contributed by atoms with van der Waals surface area (Å²) in [5.41, 5.74) is 0.0445. The van der Waals surface area contributed by atoms with E-state index in [1.54, 1.807) is 6.07 Å². The van der Waals surface area contributed by atoms with Crippen LogP contribution in [0.5, 0.6) is 0 Å². The van der Waals surface area contributed by atoms with E-state index in [-0.39, 0.29) is 11.2 Å². The number of nitrogens with one attached hydrogen (secondary N) is 1. The van der Waals surface area contributed by atoms with Crippen LogP contribution in [0.4, 0.5) is 0 Å². The Hall–Kier alpha value is -2.60. The van der Waals surface area contributed by atoms with Gasteiger partial charge < -0.3 is 19.9 Å². The van der Waals surface area contributed by atoms with Crippen molar-refractivity contribution in [1.29, 1.82) is 0 Å². The molecule has 6 heteroatoms. The van der Waals surface area contributed by atoms with Crippen molar-refractivity contribution in [2.45, 2.75) is 38.7 Å². The number of rotatable bonds is 5. The number of carboxylic acid groups (broad SMARTS) is 1. The van der Waals surface area contributed by atoms with Crippen LogP contribution in [-0.2, 0) is 10.2 Å². The molecule has 1 heterocycles. The molecular weight excluding hydrogens is 322 g/mol. The first-order valence-corrected chi connectivity index (χ1v) is 7.95. The summed E-state index contributed by atoms with van der Waals surface area (Å²) < 4.78 is 5.54. The summed E-state index contributed by atoms with van der Waals surface area (Å²) in [6.45, 7) is 7.08. The third-order valence-corrected chi connectivity index (χ3v) is 3.92. The second-order valence-electron chi connectivity index (χ2n) is 7.25. The highest BCUT2D eigenvalue weighted by Crippen LogP contribution is 2.27. The molecule has 1 aromatic heterocycles. The van der Waals surface area contributed by atoms with Gasteiger partial charge in [0, 0.05) is 5.56 Å². The standard InChI is InChI=1S/C19H23NO5/c1-18(2,3)13-7-5-12(6-8-13)14-9-10-15(25-14)16(21)20-11-19(4,24)17(22)23/h5-10,24H,11H2,1-4H3,(H,20,21)(H,22,23). The van der Waals surface area contributed by atoms with Crippen LogP contribution in [0.2, 0.25) is 0 Å². The van der Waals surface area contributed by atoms with E-state index < -0.39 is 24.0 Å². The third kappa shape index (κ3) is 4.48. The van der Waals surface area contributed by atoms with Gasteiger partial charge in [-0.25, -0.2) is 4.79 Å². The minimum atomic E-state index is -2.03. The predicted octanol–water partition coefficient (Wildman–Crippen LogP) is 2.81. The van der Waals surface area contributed by atoms with Crippen molar-refractivity contribution in [2.75, 3.05) is 6.54 Å². The van der Waals surface area contributed by atoms with Crippen LogP contribution >= 0.6 is 0 Å². The van der Waals surface area contributed by atoms with E-state index in [2.05, 4.69) is 26.1 Å². The van der Waals surface area contributed by atoms with E-state index in [4.69, 9.17) is 9.52 Å². The topological polar surface area (TPSA) is 99.8 Å². The van der Waals surface area contributed by atoms with Gasteiger partial charge in [-0.05, 0) is 30.0 Å². The van der Waals surface area contributed by atoms with E-state index in [0.29, 0.717) is 5.76 Å². The third-order valence-electron chi connectivity index (χ3n) is 3.92. The molecule has 1 aromatic carbocycles. The number of hydrogen-bond donors (Lipinski definition) is 3. The molecule has 0 fully saturated rings. The number of carbonyl (C=O) groups is 2. The summed E-state index contributed by atoms with van der Waals surface area (Å²) in [5, 5.41) is 20.8. The van der Waals surface area contributed by atoms with Gasteiger partial charge in [0.05, 0.1) is 6.54 Å². The van der Waals surface area contributed by atoms with Gasteiger partial charge in [-0.2, -0.15) is 0 Å². The summed E-state index contributed by atoms with van der Waals surface area (Å²) in [4.78, 5) is 22.9. The fraction of sp³-hybridized carbons (Fsp3) is 0.368. The molecule has 0 aliphatic heterocycles. The number of hydrogen-bond acceptors (Lipinski definition) is 4. The molecule has 0 bridgehead atoms. The number of benzene rings is 1. The number of amides is 1. The highest BCUT2D eigenvalue weighted by molar-refractivity contribution is 5.92. The average molecular weight is 345 g/mol. The minimum absolute atomic E-state index is 0.0494. The molecule has 0 aliphatic carbocycles. The lowest BCUT2D eigenvalue weighted by Gasteiger charge is -2.18. The van der Waals surface area contributed by atoms with Crippen LogP contribution < -0.4 is 5.32 Å². The molecule has 0 aliphatic rings. The van der Waals surface area contributed by atoms with Crippen molar-refractivity contribution in [1.82, 2.24) is 5.32 Å². The van der Waals surface area contributed by atoms with Gasteiger partial charge in [0.15, 0.2) is 11.4 Å². The Bertz CT molecular complexity index is 766. The molecule has 1 unspecified atom stereocenters. The van der Waals surface area contributed by atoms with Crippen LogP contribution in [0.15, 0.2) is 40.8 Å². The van der Waals surface area contributed by atoms with Gasteiger partial charge in [-0.3, -0.25) is 4.79 Å². The normalized spacial score (nSPS) is 14.0. The lowest BCUT2D eigenvalue weighted by molar-refractivity contribution is -0.155. The molecule has 3 N–H and O–H groups in total. The Labute approximate surface area is 146 Å². The molecule has 0 saturated carbocycles. The van der Waals surface area contributed by atoms with Crippen molar-refractivity contribution in [2.24, 2.45) is 0 Å². The maximum atomic E-state index is 12.0. The first kappa shape index (κ1) is 18.7. The Morgan fingerprint density at radius 3 is 2.16 bits per heavy atom. The maximum Gasteiger partial charge on any atom is 0.337 e. The molecule has 6 nitrogen and oxygen atoms in total. The Balaban J connectivity index is 2.09. The fourth-order valence-electron chi connectivity index (χ4n) is 2.16. The number of aliphatic hydroxyl groups is 1. The maximum absolute atomic E-state index is 12.0. The second kappa shape index (κ2) is 6.72. The highest BCUT2D eigenvalue weighted by Gasteiger charge is 2.30. The van der Waals surface area contributed by atoms with Gasteiger partial charge >= 0.3 is 5.97 Å². The molecule has 1 amide bonds. The monoisotopic (exact) mass is 345 g/mol. The fourth-order valence-corrected chi connectivity index (χ4v) is 2.16. The summed E-state index contributed by atoms with van der Waals surface area (Å²) >= 11 is 0. The van der Waals surface area contributed by atoms with Crippen LogP contribution in [-0.4, -0.2) is 34.2 Å². The quantitative estimate of drug-likeness (QED) is 0.774. The van der Waals surface area contributed by atoms with E-state index in [1.807, 2.05) is 24.3 Å². The number of furan rings is 1. The molecule has 25 heavy (non-hydrogen) atoms. The number of carbonyl (C=O) groups excluding carboxylic acids is 1. The number of aliphatic carboxylic acids is 1. The Kier molecular flexibility index (Phi) is 5.04. The first-order chi connectivity index (χ1) is 11.5. The smallest absolute Gasteiger partial charge is 0.337 e. The Morgan fingerprint density at radius 2 is 1.64 bits per heavy atom. The molecule has 2 aromatic rings. The summed E-state index contributed by atoms with van der Waals surface area (Å²) in [6, 6.07) is 11.1. The Morgan fingerprint density at radius 1 is 1.04 bits per heavy atom. The average Bonchev–Trinajstić information content (AvgIpc) is 3.02. The zero-order chi connectivity index (χ0) is 18.8. The van der Waals surface area contributed by atoms with Gasteiger partial charge in [0.2, 0.25) is 0 Å². The van der Waals surface area contributed by atoms with Crippen LogP contribution in [0.25, 0.3) is 11.3 Å². The van der Waals surface area contributed by atoms with E-state index in [1.165, 1.54) is 11.6 Å². The van der Waals surface area contributed by atoms with Gasteiger partial charge in [-0.15, -0.1) is 0 Å². The van der Waals surface area contributed by atoms with E-state index in [9.17, 15) is 14.7 Å². The zero-order valence-electron chi connectivity index (χ0n) is 14.8. The largest absolute Gasteiger partial charge is 0.479 e. The zero-order valence-corrected chi connectivity index (χ0v) is 14.8. The molecule has 0 saturated heterocycles. The van der Waals surface area contributed by atoms with Crippen molar-refractivity contribution < 1.29 is 24.2 Å². The van der Waals surface area contributed by atoms with Crippen molar-refractivity contribution in [3.05, 3.63) is 47.7 Å². The van der Waals surface area contributed by atoms with Gasteiger partial charge in [0.1, 0.15) is 5.76 Å². The van der Waals surface area contributed by atoms with Crippen molar-refractivity contribution in [3.63, 3.8) is 0 Å². The summed E-state index contributed by atoms with van der Waals surface area (Å²) in [7, 11) is 0. The molecular formula is C19H23NO5. The summed E-state index contributed by atoms with van der Waals surface area (Å²) in [5.74, 6) is -1.40. The predicted molar refractivity (Wildman–Crippen MR) is 93.4 cm³/mol. The van der Waals surface area contributed by atoms with E-state index >= 15 is 0 Å². The van der Waals surface area contributed by atoms with E-state index in [0.717, 1.165) is 12.5 Å². The van der Waals surface area contributed by atoms with Gasteiger partial charge in [0.25, 0.3) is 5.91 Å². The van der Waals surface area contributed by atoms with Crippen LogP contribution in [0.3, 0.4) is 0 Å². The molecule has 0 radical (unpaired) electrons.